The van der Waals surface area contributed by atoms with Gasteiger partial charge in [-0.2, -0.15) is 0 Å². The van der Waals surface area contributed by atoms with E-state index in [4.69, 9.17) is 4.98 Å². The highest BCUT2D eigenvalue weighted by Gasteiger charge is 2.12. The number of carbonyl (C=O) groups excluding carboxylic acids is 1. The third kappa shape index (κ3) is 4.12. The molecule has 1 amide bonds. The summed E-state index contributed by atoms with van der Waals surface area (Å²) in [6, 6.07) is 19.8. The van der Waals surface area contributed by atoms with Crippen molar-refractivity contribution in [2.45, 2.75) is 13.0 Å². The van der Waals surface area contributed by atoms with Gasteiger partial charge >= 0.3 is 0 Å². The number of carbonyl (C=O) groups is 1. The molecule has 6 heteroatoms. The Morgan fingerprint density at radius 1 is 1.04 bits per heavy atom. The predicted molar refractivity (Wildman–Crippen MR) is 113 cm³/mol. The molecule has 0 aliphatic heterocycles. The molecular weight excluding hydrogens is 416 g/mol. The molecule has 0 atom stereocenters. The van der Waals surface area contributed by atoms with Crippen LogP contribution in [0.5, 0.6) is 0 Å². The summed E-state index contributed by atoms with van der Waals surface area (Å²) in [6.45, 7) is 1.25. The number of amides is 1. The summed E-state index contributed by atoms with van der Waals surface area (Å²) in [5, 5.41) is 2.96. The fourth-order valence-electron chi connectivity index (χ4n) is 3.20. The Morgan fingerprint density at radius 2 is 1.86 bits per heavy atom. The van der Waals surface area contributed by atoms with E-state index in [1.54, 1.807) is 24.5 Å². The molecule has 5 nitrogen and oxygen atoms in total. The van der Waals surface area contributed by atoms with Gasteiger partial charge in [-0.25, -0.2) is 4.98 Å². The van der Waals surface area contributed by atoms with E-state index in [0.29, 0.717) is 18.5 Å². The molecule has 0 aliphatic rings. The molecule has 0 bridgehead atoms. The lowest BCUT2D eigenvalue weighted by Gasteiger charge is -2.11. The number of aromatic nitrogens is 3. The quantitative estimate of drug-likeness (QED) is 0.494. The number of nitrogens with one attached hydrogen (secondary N) is 1. The second-order valence-corrected chi connectivity index (χ2v) is 7.39. The third-order valence-corrected chi connectivity index (χ3v) is 5.03. The first kappa shape index (κ1) is 18.4. The van der Waals surface area contributed by atoms with Gasteiger partial charge in [-0.05, 0) is 42.0 Å². The number of pyridine rings is 1. The molecular formula is C22H19BrN4O. The number of benzene rings is 2. The summed E-state index contributed by atoms with van der Waals surface area (Å²) >= 11 is 3.54. The molecule has 0 spiro atoms. The number of halogens is 1. The summed E-state index contributed by atoms with van der Waals surface area (Å²) in [5.41, 5.74) is 3.86. The van der Waals surface area contributed by atoms with Crippen LogP contribution in [0.4, 0.5) is 0 Å². The Bertz CT molecular complexity index is 1110. The molecule has 140 valence electrons. The molecule has 2 aromatic heterocycles. The summed E-state index contributed by atoms with van der Waals surface area (Å²) in [6.07, 6.45) is 3.89. The highest BCUT2D eigenvalue weighted by Crippen LogP contribution is 2.20. The molecule has 0 unspecified atom stereocenters. The maximum atomic E-state index is 12.2. The number of imidazole rings is 1. The molecule has 0 aliphatic carbocycles. The number of hydrogen-bond donors (Lipinski definition) is 1. The van der Waals surface area contributed by atoms with E-state index in [1.807, 2.05) is 30.3 Å². The van der Waals surface area contributed by atoms with E-state index in [0.717, 1.165) is 27.9 Å². The van der Waals surface area contributed by atoms with Crippen LogP contribution < -0.4 is 5.32 Å². The van der Waals surface area contributed by atoms with E-state index in [1.165, 1.54) is 5.56 Å². The normalized spacial score (nSPS) is 10.9. The molecule has 2 aromatic carbocycles. The zero-order chi connectivity index (χ0) is 19.3. The van der Waals surface area contributed by atoms with Gasteiger partial charge in [0.05, 0.1) is 11.0 Å². The molecule has 4 rings (SSSR count). The van der Waals surface area contributed by atoms with Crippen LogP contribution in [0.2, 0.25) is 0 Å². The van der Waals surface area contributed by atoms with Gasteiger partial charge in [0.2, 0.25) is 0 Å². The standard InChI is InChI=1S/C22H19BrN4O/c23-18-5-3-4-16(14-18)15-27-20-7-2-1-6-19(20)26-21(27)10-13-25-22(28)17-8-11-24-12-9-17/h1-9,11-12,14H,10,13,15H2,(H,25,28). The van der Waals surface area contributed by atoms with Gasteiger partial charge in [0, 0.05) is 41.9 Å². The van der Waals surface area contributed by atoms with Crippen LogP contribution >= 0.6 is 15.9 Å². The Morgan fingerprint density at radius 3 is 2.68 bits per heavy atom. The number of hydrogen-bond acceptors (Lipinski definition) is 3. The lowest BCUT2D eigenvalue weighted by atomic mass is 10.2. The van der Waals surface area contributed by atoms with Crippen molar-refractivity contribution >= 4 is 32.9 Å². The van der Waals surface area contributed by atoms with E-state index in [2.05, 4.69) is 49.0 Å². The highest BCUT2D eigenvalue weighted by molar-refractivity contribution is 9.10. The fourth-order valence-corrected chi connectivity index (χ4v) is 3.65. The summed E-state index contributed by atoms with van der Waals surface area (Å²) in [4.78, 5) is 21.0. The van der Waals surface area contributed by atoms with Crippen LogP contribution in [-0.2, 0) is 13.0 Å². The predicted octanol–water partition coefficient (Wildman–Crippen LogP) is 4.21. The molecule has 0 radical (unpaired) electrons. The van der Waals surface area contributed by atoms with Crippen molar-refractivity contribution in [2.24, 2.45) is 0 Å². The van der Waals surface area contributed by atoms with Gasteiger partial charge in [-0.3, -0.25) is 9.78 Å². The van der Waals surface area contributed by atoms with Crippen LogP contribution in [0.3, 0.4) is 0 Å². The second kappa shape index (κ2) is 8.35. The minimum Gasteiger partial charge on any atom is -0.352 e. The molecule has 2 heterocycles. The van der Waals surface area contributed by atoms with Gasteiger partial charge in [0.25, 0.3) is 5.91 Å². The SMILES string of the molecule is O=C(NCCc1nc2ccccc2n1Cc1cccc(Br)c1)c1ccncc1. The van der Waals surface area contributed by atoms with Gasteiger partial charge in [0.15, 0.2) is 0 Å². The van der Waals surface area contributed by atoms with Gasteiger partial charge in [-0.15, -0.1) is 0 Å². The van der Waals surface area contributed by atoms with Crippen molar-refractivity contribution in [1.82, 2.24) is 19.9 Å². The largest absolute Gasteiger partial charge is 0.352 e. The molecule has 0 saturated carbocycles. The number of para-hydroxylation sites is 2. The van der Waals surface area contributed by atoms with Crippen LogP contribution in [0.15, 0.2) is 77.5 Å². The highest BCUT2D eigenvalue weighted by atomic mass is 79.9. The van der Waals surface area contributed by atoms with E-state index >= 15 is 0 Å². The van der Waals surface area contributed by atoms with Gasteiger partial charge in [0.1, 0.15) is 5.82 Å². The van der Waals surface area contributed by atoms with Crippen molar-refractivity contribution in [3.8, 4) is 0 Å². The van der Waals surface area contributed by atoms with Crippen molar-refractivity contribution < 1.29 is 4.79 Å². The lowest BCUT2D eigenvalue weighted by Crippen LogP contribution is -2.26. The smallest absolute Gasteiger partial charge is 0.251 e. The minimum absolute atomic E-state index is 0.1000. The average Bonchev–Trinajstić information content (AvgIpc) is 3.06. The molecule has 28 heavy (non-hydrogen) atoms. The average molecular weight is 435 g/mol. The first-order chi connectivity index (χ1) is 13.7. The van der Waals surface area contributed by atoms with Gasteiger partial charge in [-0.1, -0.05) is 40.2 Å². The van der Waals surface area contributed by atoms with Crippen LogP contribution in [0, 0.1) is 0 Å². The lowest BCUT2D eigenvalue weighted by molar-refractivity contribution is 0.0954. The number of nitrogens with zero attached hydrogens (tertiary/aromatic N) is 3. The maximum absolute atomic E-state index is 12.2. The molecule has 1 N–H and O–H groups in total. The Labute approximate surface area is 171 Å². The summed E-state index contributed by atoms with van der Waals surface area (Å²) in [5.74, 6) is 0.855. The Balaban J connectivity index is 1.54. The number of fused-ring (bicyclic) bond motifs is 1. The minimum atomic E-state index is -0.1000. The summed E-state index contributed by atoms with van der Waals surface area (Å²) in [7, 11) is 0. The number of rotatable bonds is 6. The fraction of sp³-hybridized carbons (Fsp3) is 0.136. The zero-order valence-corrected chi connectivity index (χ0v) is 16.8. The van der Waals surface area contributed by atoms with Gasteiger partial charge < -0.3 is 9.88 Å². The first-order valence-corrected chi connectivity index (χ1v) is 9.87. The monoisotopic (exact) mass is 434 g/mol. The zero-order valence-electron chi connectivity index (χ0n) is 15.2. The van der Waals surface area contributed by atoms with Crippen molar-refractivity contribution in [2.75, 3.05) is 6.54 Å². The van der Waals surface area contributed by atoms with E-state index in [9.17, 15) is 4.79 Å². The third-order valence-electron chi connectivity index (χ3n) is 4.54. The van der Waals surface area contributed by atoms with Crippen molar-refractivity contribution in [3.05, 3.63) is 94.5 Å². The topological polar surface area (TPSA) is 59.8 Å². The molecule has 4 aromatic rings. The first-order valence-electron chi connectivity index (χ1n) is 9.07. The maximum Gasteiger partial charge on any atom is 0.251 e. The van der Waals surface area contributed by atoms with E-state index < -0.39 is 0 Å². The van der Waals surface area contributed by atoms with Crippen LogP contribution in [0.25, 0.3) is 11.0 Å². The summed E-state index contributed by atoms with van der Waals surface area (Å²) < 4.78 is 3.27. The van der Waals surface area contributed by atoms with Crippen molar-refractivity contribution in [1.29, 1.82) is 0 Å². The van der Waals surface area contributed by atoms with E-state index in [-0.39, 0.29) is 5.91 Å². The molecule has 0 fully saturated rings. The van der Waals surface area contributed by atoms with Crippen LogP contribution in [0.1, 0.15) is 21.7 Å². The second-order valence-electron chi connectivity index (χ2n) is 6.47. The molecule has 0 saturated heterocycles. The van der Waals surface area contributed by atoms with Crippen molar-refractivity contribution in [3.63, 3.8) is 0 Å². The van der Waals surface area contributed by atoms with Crippen LogP contribution in [-0.4, -0.2) is 27.0 Å². The Kier molecular flexibility index (Phi) is 5.48. The Hall–Kier alpha value is -2.99.